The van der Waals surface area contributed by atoms with E-state index < -0.39 is 6.10 Å². The van der Waals surface area contributed by atoms with E-state index in [2.05, 4.69) is 30.4 Å². The Hall–Kier alpha value is -3.59. The Labute approximate surface area is 178 Å². The topological polar surface area (TPSA) is 122 Å². The molecule has 9 heteroatoms. The van der Waals surface area contributed by atoms with Crippen LogP contribution in [-0.2, 0) is 0 Å². The van der Waals surface area contributed by atoms with Crippen molar-refractivity contribution >= 4 is 16.9 Å². The summed E-state index contributed by atoms with van der Waals surface area (Å²) in [6.07, 6.45) is 4.40. The van der Waals surface area contributed by atoms with Gasteiger partial charge in [-0.1, -0.05) is 12.1 Å². The van der Waals surface area contributed by atoms with Crippen LogP contribution in [0.3, 0.4) is 0 Å². The van der Waals surface area contributed by atoms with Crippen molar-refractivity contribution in [2.24, 2.45) is 0 Å². The Balaban J connectivity index is 1.41. The number of rotatable bonds is 4. The molecule has 1 saturated carbocycles. The van der Waals surface area contributed by atoms with E-state index in [-0.39, 0.29) is 17.9 Å². The first kappa shape index (κ1) is 19.4. The number of carbonyl (C=O) groups is 1. The standard InChI is InChI=1S/C22H23N7O2/c1-13-24-20(29(28-13)22-26-16-6-2-3-7-17(16)27-22)14-8-9-19(30)18(11-14)25-21(31)15-5-4-10-23-12-15/h2-7,10,12,14,18-19,30H,8-9,11H2,1H3,(H,25,31)(H,26,27)/t14-,18+,19+/m0/s1. The molecule has 0 aliphatic heterocycles. The van der Waals surface area contributed by atoms with E-state index in [0.29, 0.717) is 30.2 Å². The predicted octanol–water partition coefficient (Wildman–Crippen LogP) is 2.27. The quantitative estimate of drug-likeness (QED) is 0.468. The van der Waals surface area contributed by atoms with Crippen LogP contribution in [-0.4, -0.2) is 52.9 Å². The van der Waals surface area contributed by atoms with E-state index in [4.69, 9.17) is 0 Å². The fourth-order valence-corrected chi connectivity index (χ4v) is 4.18. The summed E-state index contributed by atoms with van der Waals surface area (Å²) in [6, 6.07) is 10.8. The third kappa shape index (κ3) is 3.79. The van der Waals surface area contributed by atoms with Gasteiger partial charge in [-0.05, 0) is 50.5 Å². The van der Waals surface area contributed by atoms with Crippen LogP contribution in [0.1, 0.15) is 47.2 Å². The lowest BCUT2D eigenvalue weighted by atomic mass is 9.83. The van der Waals surface area contributed by atoms with Crippen molar-refractivity contribution in [1.82, 2.24) is 35.0 Å². The number of carbonyl (C=O) groups excluding carboxylic acids is 1. The SMILES string of the molecule is Cc1nc([C@H]2CC[C@@H](O)[C@H](NC(=O)c3cccnc3)C2)n(-c2nc3ccccc3[nH]2)n1. The number of fused-ring (bicyclic) bond motifs is 1. The fourth-order valence-electron chi connectivity index (χ4n) is 4.18. The molecule has 0 saturated heterocycles. The van der Waals surface area contributed by atoms with Gasteiger partial charge in [0.15, 0.2) is 0 Å². The second-order valence-electron chi connectivity index (χ2n) is 7.91. The Morgan fingerprint density at radius 3 is 2.87 bits per heavy atom. The lowest BCUT2D eigenvalue weighted by Gasteiger charge is -2.33. The van der Waals surface area contributed by atoms with Gasteiger partial charge in [0.25, 0.3) is 5.91 Å². The molecule has 3 heterocycles. The van der Waals surface area contributed by atoms with Crippen LogP contribution in [0.5, 0.6) is 0 Å². The summed E-state index contributed by atoms with van der Waals surface area (Å²) in [6.45, 7) is 1.85. The summed E-state index contributed by atoms with van der Waals surface area (Å²) in [4.78, 5) is 29.2. The molecule has 1 amide bonds. The van der Waals surface area contributed by atoms with Gasteiger partial charge in [-0.25, -0.2) is 9.97 Å². The van der Waals surface area contributed by atoms with Gasteiger partial charge < -0.3 is 15.4 Å². The number of nitrogens with one attached hydrogen (secondary N) is 2. The van der Waals surface area contributed by atoms with E-state index in [1.165, 1.54) is 6.20 Å². The number of aromatic amines is 1. The van der Waals surface area contributed by atoms with E-state index in [1.54, 1.807) is 23.0 Å². The number of hydrogen-bond donors (Lipinski definition) is 3. The van der Waals surface area contributed by atoms with E-state index in [9.17, 15) is 9.90 Å². The molecule has 0 radical (unpaired) electrons. The van der Waals surface area contributed by atoms with Crippen molar-refractivity contribution in [3.63, 3.8) is 0 Å². The van der Waals surface area contributed by atoms with E-state index >= 15 is 0 Å². The van der Waals surface area contributed by atoms with Crippen LogP contribution in [0.25, 0.3) is 17.0 Å². The van der Waals surface area contributed by atoms with Crippen molar-refractivity contribution in [1.29, 1.82) is 0 Å². The average molecular weight is 417 g/mol. The summed E-state index contributed by atoms with van der Waals surface area (Å²) >= 11 is 0. The number of aromatic nitrogens is 6. The van der Waals surface area contributed by atoms with E-state index in [1.807, 2.05) is 31.2 Å². The summed E-state index contributed by atoms with van der Waals surface area (Å²) in [7, 11) is 0. The van der Waals surface area contributed by atoms with Gasteiger partial charge in [0.05, 0.1) is 28.7 Å². The monoisotopic (exact) mass is 417 g/mol. The number of amides is 1. The molecular formula is C22H23N7O2. The number of para-hydroxylation sites is 2. The number of aryl methyl sites for hydroxylation is 1. The van der Waals surface area contributed by atoms with Crippen LogP contribution in [0.2, 0.25) is 0 Å². The zero-order valence-corrected chi connectivity index (χ0v) is 17.1. The predicted molar refractivity (Wildman–Crippen MR) is 114 cm³/mol. The Kier molecular flexibility index (Phi) is 4.95. The zero-order valence-electron chi connectivity index (χ0n) is 17.1. The zero-order chi connectivity index (χ0) is 21.4. The van der Waals surface area contributed by atoms with Crippen molar-refractivity contribution in [3.8, 4) is 5.95 Å². The van der Waals surface area contributed by atoms with Crippen LogP contribution in [0.4, 0.5) is 0 Å². The third-order valence-electron chi connectivity index (χ3n) is 5.73. The number of aliphatic hydroxyl groups excluding tert-OH is 1. The molecule has 1 aromatic carbocycles. The average Bonchev–Trinajstić information content (AvgIpc) is 3.39. The molecule has 3 atom stereocenters. The number of nitrogens with zero attached hydrogens (tertiary/aromatic N) is 5. The van der Waals surface area contributed by atoms with Crippen molar-refractivity contribution < 1.29 is 9.90 Å². The van der Waals surface area contributed by atoms with Crippen LogP contribution in [0, 0.1) is 6.92 Å². The van der Waals surface area contributed by atoms with Gasteiger partial charge in [0.1, 0.15) is 11.6 Å². The van der Waals surface area contributed by atoms with Crippen LogP contribution >= 0.6 is 0 Å². The molecule has 0 bridgehead atoms. The molecule has 4 aromatic rings. The normalized spacial score (nSPS) is 21.3. The van der Waals surface area contributed by atoms with Crippen LogP contribution < -0.4 is 5.32 Å². The molecule has 1 aliphatic carbocycles. The number of hydrogen-bond acceptors (Lipinski definition) is 6. The Morgan fingerprint density at radius 1 is 1.19 bits per heavy atom. The first-order chi connectivity index (χ1) is 15.1. The van der Waals surface area contributed by atoms with Gasteiger partial charge in [-0.2, -0.15) is 4.68 Å². The molecule has 5 rings (SSSR count). The van der Waals surface area contributed by atoms with Crippen molar-refractivity contribution in [2.75, 3.05) is 0 Å². The van der Waals surface area contributed by atoms with E-state index in [0.717, 1.165) is 23.3 Å². The highest BCUT2D eigenvalue weighted by molar-refractivity contribution is 5.94. The molecule has 1 fully saturated rings. The first-order valence-corrected chi connectivity index (χ1v) is 10.4. The summed E-state index contributed by atoms with van der Waals surface area (Å²) in [5.41, 5.74) is 2.26. The number of pyridine rings is 1. The Bertz CT molecular complexity index is 1180. The van der Waals surface area contributed by atoms with Crippen LogP contribution in [0.15, 0.2) is 48.8 Å². The third-order valence-corrected chi connectivity index (χ3v) is 5.73. The largest absolute Gasteiger partial charge is 0.391 e. The highest BCUT2D eigenvalue weighted by atomic mass is 16.3. The summed E-state index contributed by atoms with van der Waals surface area (Å²) in [5, 5.41) is 18.0. The smallest absolute Gasteiger partial charge is 0.253 e. The summed E-state index contributed by atoms with van der Waals surface area (Å²) in [5.74, 6) is 1.82. The molecular weight excluding hydrogens is 394 g/mol. The number of H-pyrrole nitrogens is 1. The van der Waals surface area contributed by atoms with Gasteiger partial charge in [-0.15, -0.1) is 5.10 Å². The second-order valence-corrected chi connectivity index (χ2v) is 7.91. The second kappa shape index (κ2) is 7.92. The lowest BCUT2D eigenvalue weighted by Crippen LogP contribution is -2.47. The van der Waals surface area contributed by atoms with Crippen molar-refractivity contribution in [2.45, 2.75) is 44.2 Å². The highest BCUT2D eigenvalue weighted by Gasteiger charge is 2.34. The lowest BCUT2D eigenvalue weighted by molar-refractivity contribution is 0.0670. The Morgan fingerprint density at radius 2 is 2.06 bits per heavy atom. The molecule has 3 N–H and O–H groups in total. The molecule has 3 aromatic heterocycles. The summed E-state index contributed by atoms with van der Waals surface area (Å²) < 4.78 is 1.75. The first-order valence-electron chi connectivity index (χ1n) is 10.4. The maximum absolute atomic E-state index is 12.6. The molecule has 1 aliphatic rings. The maximum Gasteiger partial charge on any atom is 0.253 e. The number of benzene rings is 1. The van der Waals surface area contributed by atoms with Crippen molar-refractivity contribution in [3.05, 3.63) is 66.0 Å². The van der Waals surface area contributed by atoms with Gasteiger partial charge in [0.2, 0.25) is 5.95 Å². The molecule has 31 heavy (non-hydrogen) atoms. The minimum absolute atomic E-state index is 0.0250. The molecule has 0 spiro atoms. The maximum atomic E-state index is 12.6. The fraction of sp³-hybridized carbons (Fsp3) is 0.318. The molecule has 158 valence electrons. The number of imidazole rings is 1. The van der Waals surface area contributed by atoms with Gasteiger partial charge in [0, 0.05) is 18.3 Å². The highest BCUT2D eigenvalue weighted by Crippen LogP contribution is 2.33. The minimum atomic E-state index is -0.611. The minimum Gasteiger partial charge on any atom is -0.391 e. The van der Waals surface area contributed by atoms with Gasteiger partial charge in [-0.3, -0.25) is 9.78 Å². The molecule has 0 unspecified atom stereocenters. The van der Waals surface area contributed by atoms with Gasteiger partial charge >= 0.3 is 0 Å². The number of aliphatic hydroxyl groups is 1. The molecule has 9 nitrogen and oxygen atoms in total.